The van der Waals surface area contributed by atoms with E-state index in [9.17, 15) is 4.79 Å². The lowest BCUT2D eigenvalue weighted by Crippen LogP contribution is -2.21. The van der Waals surface area contributed by atoms with E-state index in [-0.39, 0.29) is 11.3 Å². The number of likely N-dealkylation sites (N-methyl/N-ethyl adjacent to an activating group) is 1. The molecule has 1 aromatic heterocycles. The molecular weight excluding hydrogens is 312 g/mol. The van der Waals surface area contributed by atoms with Gasteiger partial charge in [0.1, 0.15) is 5.69 Å². The summed E-state index contributed by atoms with van der Waals surface area (Å²) in [5, 5.41) is 6.16. The molecule has 0 saturated heterocycles. The first kappa shape index (κ1) is 18.9. The maximum absolute atomic E-state index is 12.3. The van der Waals surface area contributed by atoms with Gasteiger partial charge >= 0.3 is 0 Å². The van der Waals surface area contributed by atoms with Crippen molar-refractivity contribution in [1.29, 1.82) is 0 Å². The molecule has 2 rings (SSSR count). The quantitative estimate of drug-likeness (QED) is 0.843. The molecule has 0 aliphatic rings. The molecule has 0 atom stereocenters. The van der Waals surface area contributed by atoms with Crippen LogP contribution in [0.2, 0.25) is 0 Å². The number of anilines is 2. The number of amides is 1. The number of hydrogen-bond acceptors (Lipinski definition) is 4. The molecule has 0 aliphatic heterocycles. The summed E-state index contributed by atoms with van der Waals surface area (Å²) in [6.45, 7) is 8.27. The summed E-state index contributed by atoms with van der Waals surface area (Å²) < 4.78 is 0. The maximum Gasteiger partial charge on any atom is 0.274 e. The van der Waals surface area contributed by atoms with Gasteiger partial charge < -0.3 is 15.5 Å². The number of nitrogens with one attached hydrogen (secondary N) is 2. The average molecular weight is 340 g/mol. The molecule has 5 heteroatoms. The Hall–Kier alpha value is -2.40. The van der Waals surface area contributed by atoms with Gasteiger partial charge in [-0.3, -0.25) is 4.79 Å². The largest absolute Gasteiger partial charge is 0.383 e. The summed E-state index contributed by atoms with van der Waals surface area (Å²) in [6, 6.07) is 11.5. The van der Waals surface area contributed by atoms with Gasteiger partial charge in [0.2, 0.25) is 0 Å². The fraction of sp³-hybridized carbons (Fsp3) is 0.400. The van der Waals surface area contributed by atoms with Crippen molar-refractivity contribution in [1.82, 2.24) is 9.88 Å². The molecular formula is C20H28N4O. The van der Waals surface area contributed by atoms with Crippen LogP contribution in [0.15, 0.2) is 42.6 Å². The van der Waals surface area contributed by atoms with Crippen molar-refractivity contribution < 1.29 is 4.79 Å². The summed E-state index contributed by atoms with van der Waals surface area (Å²) in [5.41, 5.74) is 3.41. The molecule has 25 heavy (non-hydrogen) atoms. The lowest BCUT2D eigenvalue weighted by Gasteiger charge is -2.19. The van der Waals surface area contributed by atoms with Gasteiger partial charge in [0, 0.05) is 18.8 Å². The predicted molar refractivity (Wildman–Crippen MR) is 104 cm³/mol. The van der Waals surface area contributed by atoms with Crippen LogP contribution in [0, 0.1) is 0 Å². The Labute approximate surface area is 150 Å². The van der Waals surface area contributed by atoms with Crippen LogP contribution in [0.5, 0.6) is 0 Å². The van der Waals surface area contributed by atoms with Gasteiger partial charge in [0.25, 0.3) is 5.91 Å². The fourth-order valence-corrected chi connectivity index (χ4v) is 2.31. The SMILES string of the molecule is CN(C)CCNc1ccc(C(=O)Nc2ccc(C(C)(C)C)cc2)nc1. The minimum atomic E-state index is -0.205. The van der Waals surface area contributed by atoms with Gasteiger partial charge in [0.05, 0.1) is 11.9 Å². The van der Waals surface area contributed by atoms with Gasteiger partial charge in [0.15, 0.2) is 0 Å². The molecule has 0 saturated carbocycles. The number of nitrogens with zero attached hydrogens (tertiary/aromatic N) is 2. The molecule has 1 heterocycles. The van der Waals surface area contributed by atoms with E-state index in [4.69, 9.17) is 0 Å². The zero-order valence-corrected chi connectivity index (χ0v) is 15.8. The van der Waals surface area contributed by atoms with Gasteiger partial charge in [-0.15, -0.1) is 0 Å². The maximum atomic E-state index is 12.3. The van der Waals surface area contributed by atoms with Crippen LogP contribution in [-0.2, 0) is 5.41 Å². The van der Waals surface area contributed by atoms with E-state index < -0.39 is 0 Å². The van der Waals surface area contributed by atoms with Crippen molar-refractivity contribution in [2.45, 2.75) is 26.2 Å². The second-order valence-electron chi connectivity index (χ2n) is 7.44. The Morgan fingerprint density at radius 1 is 1.04 bits per heavy atom. The van der Waals surface area contributed by atoms with Gasteiger partial charge in [-0.2, -0.15) is 0 Å². The summed E-state index contributed by atoms with van der Waals surface area (Å²) in [6.07, 6.45) is 1.69. The smallest absolute Gasteiger partial charge is 0.274 e. The third-order valence-electron chi connectivity index (χ3n) is 3.89. The van der Waals surface area contributed by atoms with Gasteiger partial charge in [-0.05, 0) is 49.3 Å². The third kappa shape index (κ3) is 5.87. The molecule has 1 aromatic carbocycles. The monoisotopic (exact) mass is 340 g/mol. The second kappa shape index (κ2) is 8.12. The summed E-state index contributed by atoms with van der Waals surface area (Å²) in [5.74, 6) is -0.205. The number of benzene rings is 1. The number of aromatic nitrogens is 1. The van der Waals surface area contributed by atoms with Gasteiger partial charge in [-0.1, -0.05) is 32.9 Å². The van der Waals surface area contributed by atoms with Crippen LogP contribution in [0.4, 0.5) is 11.4 Å². The zero-order valence-electron chi connectivity index (χ0n) is 15.8. The highest BCUT2D eigenvalue weighted by molar-refractivity contribution is 6.02. The van der Waals surface area contributed by atoms with Crippen molar-refractivity contribution in [2.75, 3.05) is 37.8 Å². The molecule has 0 unspecified atom stereocenters. The van der Waals surface area contributed by atoms with Crippen molar-refractivity contribution in [2.24, 2.45) is 0 Å². The van der Waals surface area contributed by atoms with Gasteiger partial charge in [-0.25, -0.2) is 4.98 Å². The highest BCUT2D eigenvalue weighted by atomic mass is 16.1. The lowest BCUT2D eigenvalue weighted by atomic mass is 9.87. The Morgan fingerprint density at radius 3 is 2.20 bits per heavy atom. The fourth-order valence-electron chi connectivity index (χ4n) is 2.31. The van der Waals surface area contributed by atoms with E-state index in [1.807, 2.05) is 44.4 Å². The molecule has 2 aromatic rings. The van der Waals surface area contributed by atoms with Crippen LogP contribution in [-0.4, -0.2) is 43.0 Å². The van der Waals surface area contributed by atoms with E-state index in [1.165, 1.54) is 5.56 Å². The van der Waals surface area contributed by atoms with Crippen molar-refractivity contribution in [3.05, 3.63) is 53.9 Å². The van der Waals surface area contributed by atoms with Crippen LogP contribution in [0.25, 0.3) is 0 Å². The first-order chi connectivity index (χ1) is 11.8. The number of hydrogen-bond donors (Lipinski definition) is 2. The number of rotatable bonds is 6. The molecule has 134 valence electrons. The molecule has 0 bridgehead atoms. The molecule has 0 fully saturated rings. The molecule has 0 spiro atoms. The van der Waals surface area contributed by atoms with Crippen LogP contribution < -0.4 is 10.6 Å². The highest BCUT2D eigenvalue weighted by Crippen LogP contribution is 2.23. The van der Waals surface area contributed by atoms with Crippen molar-refractivity contribution in [3.8, 4) is 0 Å². The molecule has 0 aliphatic carbocycles. The van der Waals surface area contributed by atoms with E-state index in [2.05, 4.69) is 41.3 Å². The van der Waals surface area contributed by atoms with Crippen molar-refractivity contribution in [3.63, 3.8) is 0 Å². The average Bonchev–Trinajstić information content (AvgIpc) is 2.55. The molecule has 1 amide bonds. The Kier molecular flexibility index (Phi) is 6.15. The standard InChI is InChI=1S/C20H28N4O/c1-20(2,3)15-6-8-16(9-7-15)23-19(25)18-11-10-17(14-22-18)21-12-13-24(4)5/h6-11,14,21H,12-13H2,1-5H3,(H,23,25). The van der Waals surface area contributed by atoms with E-state index in [0.29, 0.717) is 5.69 Å². The first-order valence-electron chi connectivity index (χ1n) is 8.52. The topological polar surface area (TPSA) is 57.3 Å². The minimum absolute atomic E-state index is 0.0967. The normalized spacial score (nSPS) is 11.4. The number of carbonyl (C=O) groups excluding carboxylic acids is 1. The summed E-state index contributed by atoms with van der Waals surface area (Å²) in [4.78, 5) is 18.7. The van der Waals surface area contributed by atoms with Crippen LogP contribution in [0.3, 0.4) is 0 Å². The lowest BCUT2D eigenvalue weighted by molar-refractivity contribution is 0.102. The minimum Gasteiger partial charge on any atom is -0.383 e. The van der Waals surface area contributed by atoms with Crippen LogP contribution in [0.1, 0.15) is 36.8 Å². The second-order valence-corrected chi connectivity index (χ2v) is 7.44. The zero-order chi connectivity index (χ0) is 18.4. The van der Waals surface area contributed by atoms with E-state index in [0.717, 1.165) is 24.5 Å². The first-order valence-corrected chi connectivity index (χ1v) is 8.52. The van der Waals surface area contributed by atoms with Crippen LogP contribution >= 0.6 is 0 Å². The van der Waals surface area contributed by atoms with E-state index >= 15 is 0 Å². The Bertz CT molecular complexity index is 685. The van der Waals surface area contributed by atoms with E-state index in [1.54, 1.807) is 12.3 Å². The molecule has 2 N–H and O–H groups in total. The summed E-state index contributed by atoms with van der Waals surface area (Å²) in [7, 11) is 4.06. The summed E-state index contributed by atoms with van der Waals surface area (Å²) >= 11 is 0. The third-order valence-corrected chi connectivity index (χ3v) is 3.89. The number of carbonyl (C=O) groups is 1. The molecule has 5 nitrogen and oxygen atoms in total. The van der Waals surface area contributed by atoms with Crippen molar-refractivity contribution >= 4 is 17.3 Å². The number of pyridine rings is 1. The Morgan fingerprint density at radius 2 is 1.68 bits per heavy atom. The highest BCUT2D eigenvalue weighted by Gasteiger charge is 2.13. The molecule has 0 radical (unpaired) electrons. The predicted octanol–water partition coefficient (Wildman–Crippen LogP) is 3.60. The Balaban J connectivity index is 1.94.